The fraction of sp³-hybridized carbons (Fsp3) is 0.278. The van der Waals surface area contributed by atoms with Crippen molar-refractivity contribution in [3.05, 3.63) is 65.7 Å². The van der Waals surface area contributed by atoms with Crippen LogP contribution < -0.4 is 10.2 Å². The maximum atomic E-state index is 12.1. The first-order valence-electron chi connectivity index (χ1n) is 7.48. The molecule has 0 aliphatic heterocycles. The molecular formula is C18H21NO3. The molecule has 0 heterocycles. The van der Waals surface area contributed by atoms with Gasteiger partial charge in [-0.05, 0) is 29.7 Å². The van der Waals surface area contributed by atoms with Gasteiger partial charge in [-0.3, -0.25) is 10.0 Å². The lowest BCUT2D eigenvalue weighted by atomic mass is 9.90. The largest absolute Gasteiger partial charge is 0.494 e. The number of benzene rings is 2. The molecule has 0 radical (unpaired) electrons. The minimum absolute atomic E-state index is 0.461. The molecule has 22 heavy (non-hydrogen) atoms. The van der Waals surface area contributed by atoms with Crippen LogP contribution in [0.5, 0.6) is 5.75 Å². The van der Waals surface area contributed by atoms with Gasteiger partial charge in [0.15, 0.2) is 0 Å². The number of nitrogens with one attached hydrogen (secondary N) is 1. The van der Waals surface area contributed by atoms with Crippen LogP contribution in [0.15, 0.2) is 54.6 Å². The van der Waals surface area contributed by atoms with Gasteiger partial charge in [0.1, 0.15) is 5.75 Å². The molecule has 0 bridgehead atoms. The van der Waals surface area contributed by atoms with Crippen LogP contribution in [0.2, 0.25) is 0 Å². The van der Waals surface area contributed by atoms with E-state index in [2.05, 4.69) is 6.92 Å². The van der Waals surface area contributed by atoms with Crippen LogP contribution in [0.3, 0.4) is 0 Å². The molecule has 1 atom stereocenters. The van der Waals surface area contributed by atoms with E-state index in [0.717, 1.165) is 29.7 Å². The van der Waals surface area contributed by atoms with E-state index in [1.165, 1.54) is 0 Å². The fourth-order valence-electron chi connectivity index (χ4n) is 2.32. The fourth-order valence-corrected chi connectivity index (χ4v) is 2.32. The molecule has 0 aliphatic carbocycles. The second-order valence-corrected chi connectivity index (χ2v) is 5.09. The number of carbonyl (C=O) groups excluding carboxylic acids is 1. The number of hydrogen-bond acceptors (Lipinski definition) is 3. The molecule has 4 nitrogen and oxygen atoms in total. The second-order valence-electron chi connectivity index (χ2n) is 5.09. The van der Waals surface area contributed by atoms with Gasteiger partial charge in [0.2, 0.25) is 0 Å². The SMILES string of the molecule is CCCCOc1cccc(C(C(=O)NO)c2ccccc2)c1. The highest BCUT2D eigenvalue weighted by molar-refractivity contribution is 5.86. The summed E-state index contributed by atoms with van der Waals surface area (Å²) in [7, 11) is 0. The van der Waals surface area contributed by atoms with Gasteiger partial charge in [-0.25, -0.2) is 5.48 Å². The lowest BCUT2D eigenvalue weighted by Gasteiger charge is -2.17. The van der Waals surface area contributed by atoms with Crippen molar-refractivity contribution < 1.29 is 14.7 Å². The van der Waals surface area contributed by atoms with E-state index in [0.29, 0.717) is 6.61 Å². The van der Waals surface area contributed by atoms with Gasteiger partial charge in [0, 0.05) is 0 Å². The monoisotopic (exact) mass is 299 g/mol. The molecule has 2 rings (SSSR count). The number of amides is 1. The predicted octanol–water partition coefficient (Wildman–Crippen LogP) is 3.50. The molecule has 2 aromatic rings. The third kappa shape index (κ3) is 4.09. The molecule has 1 unspecified atom stereocenters. The summed E-state index contributed by atoms with van der Waals surface area (Å²) in [5, 5.41) is 9.04. The van der Waals surface area contributed by atoms with Crippen LogP contribution in [-0.2, 0) is 4.79 Å². The lowest BCUT2D eigenvalue weighted by molar-refractivity contribution is -0.129. The van der Waals surface area contributed by atoms with Crippen LogP contribution in [0.4, 0.5) is 0 Å². The normalized spacial score (nSPS) is 11.7. The van der Waals surface area contributed by atoms with E-state index >= 15 is 0 Å². The minimum atomic E-state index is -0.569. The Labute approximate surface area is 130 Å². The third-order valence-electron chi connectivity index (χ3n) is 3.46. The predicted molar refractivity (Wildman–Crippen MR) is 85.1 cm³/mol. The molecular weight excluding hydrogens is 278 g/mol. The van der Waals surface area contributed by atoms with Crippen molar-refractivity contribution in [2.75, 3.05) is 6.61 Å². The van der Waals surface area contributed by atoms with E-state index in [9.17, 15) is 4.79 Å². The number of hydroxylamine groups is 1. The Kier molecular flexibility index (Phi) is 5.98. The lowest BCUT2D eigenvalue weighted by Crippen LogP contribution is -2.27. The molecule has 0 fully saturated rings. The maximum absolute atomic E-state index is 12.1. The van der Waals surface area contributed by atoms with E-state index in [1.54, 1.807) is 5.48 Å². The third-order valence-corrected chi connectivity index (χ3v) is 3.46. The summed E-state index contributed by atoms with van der Waals surface area (Å²) in [5.41, 5.74) is 3.36. The first-order chi connectivity index (χ1) is 10.8. The summed E-state index contributed by atoms with van der Waals surface area (Å²) >= 11 is 0. The zero-order chi connectivity index (χ0) is 15.8. The van der Waals surface area contributed by atoms with Crippen molar-refractivity contribution in [3.63, 3.8) is 0 Å². The van der Waals surface area contributed by atoms with Gasteiger partial charge < -0.3 is 4.74 Å². The topological polar surface area (TPSA) is 58.6 Å². The van der Waals surface area contributed by atoms with Crippen molar-refractivity contribution in [1.82, 2.24) is 5.48 Å². The van der Waals surface area contributed by atoms with E-state index in [4.69, 9.17) is 9.94 Å². The second kappa shape index (κ2) is 8.20. The number of rotatable bonds is 7. The van der Waals surface area contributed by atoms with Gasteiger partial charge in [0.25, 0.3) is 5.91 Å². The average Bonchev–Trinajstić information content (AvgIpc) is 2.56. The molecule has 1 amide bonds. The number of hydrogen-bond donors (Lipinski definition) is 2. The van der Waals surface area contributed by atoms with Gasteiger partial charge in [-0.1, -0.05) is 55.8 Å². The Morgan fingerprint density at radius 2 is 1.86 bits per heavy atom. The highest BCUT2D eigenvalue weighted by Gasteiger charge is 2.22. The number of unbranched alkanes of at least 4 members (excludes halogenated alkanes) is 1. The molecule has 0 aromatic heterocycles. The number of carbonyl (C=O) groups is 1. The van der Waals surface area contributed by atoms with Gasteiger partial charge in [0.05, 0.1) is 12.5 Å². The molecule has 0 saturated heterocycles. The Balaban J connectivity index is 2.28. The Hall–Kier alpha value is -2.33. The van der Waals surface area contributed by atoms with Crippen molar-refractivity contribution in [2.24, 2.45) is 0 Å². The van der Waals surface area contributed by atoms with E-state index < -0.39 is 11.8 Å². The average molecular weight is 299 g/mol. The zero-order valence-electron chi connectivity index (χ0n) is 12.7. The van der Waals surface area contributed by atoms with Crippen LogP contribution in [0.25, 0.3) is 0 Å². The smallest absolute Gasteiger partial charge is 0.255 e. The summed E-state index contributed by atoms with van der Waals surface area (Å²) in [6.45, 7) is 2.76. The standard InChI is InChI=1S/C18H21NO3/c1-2-3-12-22-16-11-7-10-15(13-16)17(18(20)19-21)14-8-5-4-6-9-14/h4-11,13,17,21H,2-3,12H2,1H3,(H,19,20). The summed E-state index contributed by atoms with van der Waals surface area (Å²) in [5.74, 6) is -0.296. The summed E-state index contributed by atoms with van der Waals surface area (Å²) in [4.78, 5) is 12.1. The molecule has 4 heteroatoms. The summed E-state index contributed by atoms with van der Waals surface area (Å²) < 4.78 is 5.69. The summed E-state index contributed by atoms with van der Waals surface area (Å²) in [6, 6.07) is 16.8. The Morgan fingerprint density at radius 3 is 2.55 bits per heavy atom. The molecule has 0 spiro atoms. The Bertz CT molecular complexity index is 598. The highest BCUT2D eigenvalue weighted by atomic mass is 16.5. The molecule has 2 aromatic carbocycles. The number of ether oxygens (including phenoxy) is 1. The van der Waals surface area contributed by atoms with Gasteiger partial charge in [-0.15, -0.1) is 0 Å². The first kappa shape index (κ1) is 16.0. The van der Waals surface area contributed by atoms with Crippen molar-refractivity contribution >= 4 is 5.91 Å². The van der Waals surface area contributed by atoms with Crippen LogP contribution in [0, 0.1) is 0 Å². The van der Waals surface area contributed by atoms with Crippen LogP contribution in [0.1, 0.15) is 36.8 Å². The summed E-state index contributed by atoms with van der Waals surface area (Å²) in [6.07, 6.45) is 2.06. The van der Waals surface area contributed by atoms with Crippen LogP contribution in [-0.4, -0.2) is 17.7 Å². The van der Waals surface area contributed by atoms with Gasteiger partial charge >= 0.3 is 0 Å². The first-order valence-corrected chi connectivity index (χ1v) is 7.48. The van der Waals surface area contributed by atoms with Crippen LogP contribution >= 0.6 is 0 Å². The highest BCUT2D eigenvalue weighted by Crippen LogP contribution is 2.27. The Morgan fingerprint density at radius 1 is 1.14 bits per heavy atom. The minimum Gasteiger partial charge on any atom is -0.494 e. The zero-order valence-corrected chi connectivity index (χ0v) is 12.7. The molecule has 116 valence electrons. The van der Waals surface area contributed by atoms with E-state index in [1.807, 2.05) is 54.6 Å². The molecule has 2 N–H and O–H groups in total. The van der Waals surface area contributed by atoms with Crippen molar-refractivity contribution in [2.45, 2.75) is 25.7 Å². The van der Waals surface area contributed by atoms with Crippen molar-refractivity contribution in [1.29, 1.82) is 0 Å². The molecule has 0 aliphatic rings. The quantitative estimate of drug-likeness (QED) is 0.467. The molecule has 0 saturated carbocycles. The van der Waals surface area contributed by atoms with Gasteiger partial charge in [-0.2, -0.15) is 0 Å². The maximum Gasteiger partial charge on any atom is 0.255 e. The van der Waals surface area contributed by atoms with Crippen molar-refractivity contribution in [3.8, 4) is 5.75 Å². The van der Waals surface area contributed by atoms with E-state index in [-0.39, 0.29) is 0 Å².